The summed E-state index contributed by atoms with van der Waals surface area (Å²) in [7, 11) is 1.87. The van der Waals surface area contributed by atoms with Crippen molar-refractivity contribution >= 4 is 17.6 Å². The monoisotopic (exact) mass is 452 g/mol. The Morgan fingerprint density at radius 1 is 1.06 bits per heavy atom. The zero-order valence-electron chi connectivity index (χ0n) is 20.4. The van der Waals surface area contributed by atoms with Gasteiger partial charge in [-0.1, -0.05) is 46.1 Å². The Balaban J connectivity index is 2.57. The molecule has 1 aliphatic rings. The molecule has 0 spiro atoms. The highest BCUT2D eigenvalue weighted by atomic mass is 16.7. The Hall–Kier alpha value is -1.81. The summed E-state index contributed by atoms with van der Waals surface area (Å²) < 4.78 is 0. The van der Waals surface area contributed by atoms with Gasteiger partial charge in [0.1, 0.15) is 11.8 Å². The van der Waals surface area contributed by atoms with Gasteiger partial charge in [-0.25, -0.2) is 4.79 Å². The molecule has 1 amide bonds. The lowest BCUT2D eigenvalue weighted by Crippen LogP contribution is -2.54. The van der Waals surface area contributed by atoms with Crippen molar-refractivity contribution in [3.05, 3.63) is 12.2 Å². The molecule has 1 fully saturated rings. The summed E-state index contributed by atoms with van der Waals surface area (Å²) in [5, 5.41) is 13.8. The molecule has 5 N–H and O–H groups in total. The predicted octanol–water partition coefficient (Wildman–Crippen LogP) is 1.64. The molecule has 1 heterocycles. The molecule has 0 radical (unpaired) electrons. The number of carbonyl (C=O) groups excluding carboxylic acids is 2. The molecule has 0 bridgehead atoms. The number of hydrogen-bond donors (Lipinski definition) is 4. The Kier molecular flexibility index (Phi) is 14.0. The van der Waals surface area contributed by atoms with Crippen LogP contribution in [0.3, 0.4) is 0 Å². The van der Waals surface area contributed by atoms with Crippen molar-refractivity contribution in [3.63, 3.8) is 0 Å². The molecule has 184 valence electrons. The van der Waals surface area contributed by atoms with Crippen LogP contribution in [0.5, 0.6) is 0 Å². The number of rotatable bonds is 15. The van der Waals surface area contributed by atoms with Gasteiger partial charge in [0.05, 0.1) is 6.17 Å². The average molecular weight is 453 g/mol. The molecule has 9 heteroatoms. The third kappa shape index (κ3) is 9.77. The first-order valence-corrected chi connectivity index (χ1v) is 12.0. The Bertz CT molecular complexity index is 599. The van der Waals surface area contributed by atoms with E-state index in [9.17, 15) is 9.59 Å². The molecule has 0 aromatic carbocycles. The van der Waals surface area contributed by atoms with Crippen LogP contribution < -0.4 is 16.5 Å². The van der Waals surface area contributed by atoms with Crippen LogP contribution in [-0.4, -0.2) is 79.4 Å². The molecule has 2 unspecified atom stereocenters. The summed E-state index contributed by atoms with van der Waals surface area (Å²) >= 11 is 0. The van der Waals surface area contributed by atoms with Crippen LogP contribution in [0, 0.1) is 11.3 Å². The zero-order chi connectivity index (χ0) is 23.9. The van der Waals surface area contributed by atoms with Crippen molar-refractivity contribution in [1.29, 1.82) is 5.41 Å². The van der Waals surface area contributed by atoms with E-state index in [1.807, 2.05) is 20.0 Å². The minimum atomic E-state index is -0.844. The quantitative estimate of drug-likeness (QED) is 0.220. The fraction of sp³-hybridized carbons (Fsp3) is 0.783. The van der Waals surface area contributed by atoms with Gasteiger partial charge in [0.25, 0.3) is 5.91 Å². The molecule has 2 atom stereocenters. The number of piperazine rings is 1. The zero-order valence-corrected chi connectivity index (χ0v) is 20.4. The van der Waals surface area contributed by atoms with Crippen LogP contribution in [0.25, 0.3) is 0 Å². The van der Waals surface area contributed by atoms with Crippen molar-refractivity contribution in [2.75, 3.05) is 39.8 Å². The van der Waals surface area contributed by atoms with Gasteiger partial charge in [0, 0.05) is 32.7 Å². The SMILES string of the molecule is CCCC(CCC)CN1CCN(C(/C=C\C(=N)C(=O)NC(CCC)C(=O)ON)NC)CC1. The van der Waals surface area contributed by atoms with Crippen LogP contribution in [0.4, 0.5) is 0 Å². The fourth-order valence-electron chi connectivity index (χ4n) is 4.25. The lowest BCUT2D eigenvalue weighted by molar-refractivity contribution is -0.148. The van der Waals surface area contributed by atoms with E-state index in [2.05, 4.69) is 39.1 Å². The molecule has 32 heavy (non-hydrogen) atoms. The topological polar surface area (TPSA) is 124 Å². The van der Waals surface area contributed by atoms with Crippen molar-refractivity contribution in [2.45, 2.75) is 71.5 Å². The second-order valence-corrected chi connectivity index (χ2v) is 8.54. The van der Waals surface area contributed by atoms with Crippen LogP contribution >= 0.6 is 0 Å². The average Bonchev–Trinajstić information content (AvgIpc) is 2.79. The lowest BCUT2D eigenvalue weighted by Gasteiger charge is -2.39. The van der Waals surface area contributed by atoms with Crippen LogP contribution in [0.2, 0.25) is 0 Å². The minimum Gasteiger partial charge on any atom is -0.372 e. The first kappa shape index (κ1) is 28.2. The van der Waals surface area contributed by atoms with Crippen LogP contribution in [-0.2, 0) is 14.4 Å². The van der Waals surface area contributed by atoms with Crippen molar-refractivity contribution in [2.24, 2.45) is 11.8 Å². The molecule has 0 aliphatic carbocycles. The number of carbonyl (C=O) groups is 2. The first-order chi connectivity index (χ1) is 15.4. The highest BCUT2D eigenvalue weighted by Crippen LogP contribution is 2.17. The largest absolute Gasteiger partial charge is 0.372 e. The number of nitrogens with two attached hydrogens (primary N) is 1. The van der Waals surface area contributed by atoms with Gasteiger partial charge in [-0.3, -0.25) is 15.1 Å². The van der Waals surface area contributed by atoms with Crippen molar-refractivity contribution in [1.82, 2.24) is 20.4 Å². The third-order valence-corrected chi connectivity index (χ3v) is 5.98. The van der Waals surface area contributed by atoms with Gasteiger partial charge in [0.2, 0.25) is 0 Å². The van der Waals surface area contributed by atoms with E-state index in [-0.39, 0.29) is 11.9 Å². The van der Waals surface area contributed by atoms with Gasteiger partial charge in [-0.15, -0.1) is 0 Å². The summed E-state index contributed by atoms with van der Waals surface area (Å²) in [6.45, 7) is 11.5. The maximum Gasteiger partial charge on any atom is 0.347 e. The summed E-state index contributed by atoms with van der Waals surface area (Å²) in [5.74, 6) is 4.39. The standard InChI is InChI=1S/C23H44N6O3/c1-5-8-18(9-6-2)17-28-13-15-29(16-14-28)21(26-4)12-11-19(24)22(30)27-20(10-7-3)23(31)32-25/h11-12,18,20-21,24,26H,5-10,13-17,25H2,1-4H3,(H,27,30)/b12-11-,24-19?. The van der Waals surface area contributed by atoms with E-state index >= 15 is 0 Å². The number of likely N-dealkylation sites (N-methyl/N-ethyl adjacent to an activating group) is 1. The Labute approximate surface area is 193 Å². The Morgan fingerprint density at radius 3 is 2.16 bits per heavy atom. The summed E-state index contributed by atoms with van der Waals surface area (Å²) in [4.78, 5) is 33.1. The molecule has 1 aliphatic heterocycles. The summed E-state index contributed by atoms with van der Waals surface area (Å²) in [6.07, 6.45) is 9.39. The van der Waals surface area contributed by atoms with E-state index < -0.39 is 17.9 Å². The van der Waals surface area contributed by atoms with Crippen molar-refractivity contribution in [3.8, 4) is 0 Å². The fourth-order valence-corrected chi connectivity index (χ4v) is 4.25. The molecule has 1 saturated heterocycles. The molecule has 9 nitrogen and oxygen atoms in total. The Morgan fingerprint density at radius 2 is 1.66 bits per heavy atom. The predicted molar refractivity (Wildman–Crippen MR) is 128 cm³/mol. The van der Waals surface area contributed by atoms with E-state index in [0.717, 1.165) is 32.1 Å². The minimum absolute atomic E-state index is 0.0622. The molecule has 0 saturated carbocycles. The van der Waals surface area contributed by atoms with Crippen LogP contribution in [0.15, 0.2) is 12.2 Å². The highest BCUT2D eigenvalue weighted by molar-refractivity contribution is 6.42. The highest BCUT2D eigenvalue weighted by Gasteiger charge is 2.24. The normalized spacial score (nSPS) is 17.4. The molecule has 1 rings (SSSR count). The van der Waals surface area contributed by atoms with Crippen molar-refractivity contribution < 1.29 is 14.4 Å². The second-order valence-electron chi connectivity index (χ2n) is 8.54. The number of amides is 1. The maximum absolute atomic E-state index is 12.3. The summed E-state index contributed by atoms with van der Waals surface area (Å²) in [5.41, 5.74) is -0.211. The van der Waals surface area contributed by atoms with Gasteiger partial charge >= 0.3 is 5.97 Å². The lowest BCUT2D eigenvalue weighted by atomic mass is 9.97. The molecular formula is C23H44N6O3. The second kappa shape index (κ2) is 15.9. The van der Waals surface area contributed by atoms with Gasteiger partial charge in [-0.2, -0.15) is 5.90 Å². The number of nitrogens with zero attached hydrogens (tertiary/aromatic N) is 2. The van der Waals surface area contributed by atoms with Gasteiger partial charge in [-0.05, 0) is 38.3 Å². The smallest absolute Gasteiger partial charge is 0.347 e. The third-order valence-electron chi connectivity index (χ3n) is 5.98. The van der Waals surface area contributed by atoms with Gasteiger partial charge in [0.15, 0.2) is 0 Å². The van der Waals surface area contributed by atoms with E-state index in [4.69, 9.17) is 11.3 Å². The number of hydrogen-bond acceptors (Lipinski definition) is 8. The van der Waals surface area contributed by atoms with Crippen LogP contribution in [0.1, 0.15) is 59.3 Å². The molecule has 0 aromatic heterocycles. The van der Waals surface area contributed by atoms with E-state index in [1.54, 1.807) is 0 Å². The van der Waals surface area contributed by atoms with Gasteiger partial charge < -0.3 is 20.4 Å². The van der Waals surface area contributed by atoms with E-state index in [0.29, 0.717) is 12.8 Å². The summed E-state index contributed by atoms with van der Waals surface area (Å²) in [6, 6.07) is -0.844. The first-order valence-electron chi connectivity index (χ1n) is 12.0. The number of nitrogens with one attached hydrogen (secondary N) is 3. The maximum atomic E-state index is 12.3. The molecule has 0 aromatic rings. The van der Waals surface area contributed by atoms with E-state index in [1.165, 1.54) is 38.3 Å². The molecular weight excluding hydrogens is 408 g/mol.